The van der Waals surface area contributed by atoms with E-state index in [2.05, 4.69) is 35.2 Å². The molecule has 0 spiro atoms. The Hall–Kier alpha value is -2.61. The van der Waals surface area contributed by atoms with Crippen LogP contribution in [0.5, 0.6) is 0 Å². The average molecular weight is 339 g/mol. The first-order valence-electron chi connectivity index (χ1n) is 7.84. The lowest BCUT2D eigenvalue weighted by molar-refractivity contribution is 0.640. The van der Waals surface area contributed by atoms with Gasteiger partial charge in [-0.3, -0.25) is 4.98 Å². The van der Waals surface area contributed by atoms with Crippen LogP contribution in [0.1, 0.15) is 5.01 Å². The molecule has 1 aliphatic heterocycles. The molecule has 1 saturated heterocycles. The molecule has 3 aromatic rings. The van der Waals surface area contributed by atoms with Crippen LogP contribution in [0.25, 0.3) is 11.3 Å². The molecule has 4 rings (SSSR count). The van der Waals surface area contributed by atoms with Crippen LogP contribution in [-0.2, 0) is 0 Å². The van der Waals surface area contributed by atoms with Gasteiger partial charge in [0.15, 0.2) is 5.82 Å². The van der Waals surface area contributed by atoms with Gasteiger partial charge >= 0.3 is 0 Å². The van der Waals surface area contributed by atoms with Gasteiger partial charge in [0.1, 0.15) is 5.01 Å². The van der Waals surface area contributed by atoms with Gasteiger partial charge in [0, 0.05) is 44.1 Å². The highest BCUT2D eigenvalue weighted by Crippen LogP contribution is 2.23. The van der Waals surface area contributed by atoms with Gasteiger partial charge in [0.25, 0.3) is 0 Å². The molecule has 122 valence electrons. The Labute approximate surface area is 144 Å². The summed E-state index contributed by atoms with van der Waals surface area (Å²) in [6.45, 7) is 5.63. The number of aryl methyl sites for hydroxylation is 1. The van der Waals surface area contributed by atoms with E-state index in [0.29, 0.717) is 0 Å². The standard InChI is InChI=1S/C16H17N7S/c1-12-18-21-16(24-12)23-10-8-22(9-11-23)15-3-2-14(19-20-15)13-4-6-17-7-5-13/h2-7H,8-11H2,1H3. The van der Waals surface area contributed by atoms with Crippen molar-refractivity contribution >= 4 is 22.3 Å². The topological polar surface area (TPSA) is 70.9 Å². The smallest absolute Gasteiger partial charge is 0.208 e. The van der Waals surface area contributed by atoms with Crippen LogP contribution >= 0.6 is 11.3 Å². The van der Waals surface area contributed by atoms with Crippen molar-refractivity contribution in [3.63, 3.8) is 0 Å². The normalized spacial score (nSPS) is 14.9. The van der Waals surface area contributed by atoms with Crippen molar-refractivity contribution < 1.29 is 0 Å². The summed E-state index contributed by atoms with van der Waals surface area (Å²) >= 11 is 1.64. The first kappa shape index (κ1) is 14.9. The molecule has 0 aromatic carbocycles. The highest BCUT2D eigenvalue weighted by Gasteiger charge is 2.20. The number of pyridine rings is 1. The van der Waals surface area contributed by atoms with Crippen LogP contribution in [0.15, 0.2) is 36.7 Å². The SMILES string of the molecule is Cc1nnc(N2CCN(c3ccc(-c4ccncc4)nn3)CC2)s1. The first-order valence-corrected chi connectivity index (χ1v) is 8.65. The average Bonchev–Trinajstić information content (AvgIpc) is 3.09. The maximum Gasteiger partial charge on any atom is 0.208 e. The summed E-state index contributed by atoms with van der Waals surface area (Å²) in [6.07, 6.45) is 3.53. The number of aromatic nitrogens is 5. The van der Waals surface area contributed by atoms with Crippen LogP contribution in [0.2, 0.25) is 0 Å². The van der Waals surface area contributed by atoms with E-state index in [0.717, 1.165) is 53.4 Å². The van der Waals surface area contributed by atoms with Crippen molar-refractivity contribution in [3.05, 3.63) is 41.7 Å². The quantitative estimate of drug-likeness (QED) is 0.723. The molecule has 0 bridgehead atoms. The van der Waals surface area contributed by atoms with Gasteiger partial charge in [0.2, 0.25) is 5.13 Å². The molecule has 7 nitrogen and oxygen atoms in total. The summed E-state index contributed by atoms with van der Waals surface area (Å²) < 4.78 is 0. The summed E-state index contributed by atoms with van der Waals surface area (Å²) in [5, 5.41) is 19.1. The maximum absolute atomic E-state index is 4.39. The fourth-order valence-corrected chi connectivity index (χ4v) is 3.45. The molecule has 0 saturated carbocycles. The van der Waals surface area contributed by atoms with Crippen LogP contribution in [0.4, 0.5) is 10.9 Å². The molecule has 0 amide bonds. The summed E-state index contributed by atoms with van der Waals surface area (Å²) in [5.41, 5.74) is 1.89. The van der Waals surface area contributed by atoms with E-state index >= 15 is 0 Å². The monoisotopic (exact) mass is 339 g/mol. The molecule has 0 N–H and O–H groups in total. The molecule has 0 atom stereocenters. The van der Waals surface area contributed by atoms with E-state index in [1.165, 1.54) is 0 Å². The summed E-state index contributed by atoms with van der Waals surface area (Å²) in [5.74, 6) is 0.918. The Kier molecular flexibility index (Phi) is 4.04. The third-order valence-electron chi connectivity index (χ3n) is 4.02. The highest BCUT2D eigenvalue weighted by atomic mass is 32.1. The van der Waals surface area contributed by atoms with E-state index < -0.39 is 0 Å². The lowest BCUT2D eigenvalue weighted by Crippen LogP contribution is -2.46. The van der Waals surface area contributed by atoms with Crippen LogP contribution in [-0.4, -0.2) is 51.6 Å². The van der Waals surface area contributed by atoms with E-state index in [1.54, 1.807) is 23.7 Å². The third kappa shape index (κ3) is 3.05. The molecule has 0 aliphatic carbocycles. The maximum atomic E-state index is 4.39. The number of anilines is 2. The summed E-state index contributed by atoms with van der Waals surface area (Å²) in [6, 6.07) is 7.92. The van der Waals surface area contributed by atoms with Gasteiger partial charge in [-0.2, -0.15) is 0 Å². The molecule has 1 fully saturated rings. The number of rotatable bonds is 3. The van der Waals surface area contributed by atoms with Crippen LogP contribution in [0.3, 0.4) is 0 Å². The molecule has 4 heterocycles. The van der Waals surface area contributed by atoms with Crippen molar-refractivity contribution in [2.75, 3.05) is 36.0 Å². The predicted molar refractivity (Wildman–Crippen MR) is 94.3 cm³/mol. The Morgan fingerprint density at radius 2 is 1.58 bits per heavy atom. The predicted octanol–water partition coefficient (Wildman–Crippen LogP) is 2.03. The second-order valence-corrected chi connectivity index (χ2v) is 6.75. The van der Waals surface area contributed by atoms with Gasteiger partial charge in [-0.1, -0.05) is 11.3 Å². The highest BCUT2D eigenvalue weighted by molar-refractivity contribution is 7.15. The van der Waals surface area contributed by atoms with E-state index in [9.17, 15) is 0 Å². The number of piperazine rings is 1. The van der Waals surface area contributed by atoms with E-state index in [-0.39, 0.29) is 0 Å². The number of hydrogen-bond acceptors (Lipinski definition) is 8. The molecule has 3 aromatic heterocycles. The number of nitrogens with zero attached hydrogens (tertiary/aromatic N) is 7. The zero-order valence-corrected chi connectivity index (χ0v) is 14.1. The molecule has 8 heteroatoms. The zero-order chi connectivity index (χ0) is 16.4. The minimum absolute atomic E-state index is 0.865. The fourth-order valence-electron chi connectivity index (χ4n) is 2.71. The van der Waals surface area contributed by atoms with E-state index in [4.69, 9.17) is 0 Å². The van der Waals surface area contributed by atoms with Gasteiger partial charge in [0.05, 0.1) is 5.69 Å². The molecular weight excluding hydrogens is 322 g/mol. The van der Waals surface area contributed by atoms with Gasteiger partial charge < -0.3 is 9.80 Å². The fraction of sp³-hybridized carbons (Fsp3) is 0.312. The molecular formula is C16H17N7S. The number of hydrogen-bond donors (Lipinski definition) is 0. The Balaban J connectivity index is 1.42. The zero-order valence-electron chi connectivity index (χ0n) is 13.3. The first-order chi connectivity index (χ1) is 11.8. The van der Waals surface area contributed by atoms with Crippen LogP contribution < -0.4 is 9.80 Å². The minimum Gasteiger partial charge on any atom is -0.352 e. The lowest BCUT2D eigenvalue weighted by Gasteiger charge is -2.34. The summed E-state index contributed by atoms with van der Waals surface area (Å²) in [7, 11) is 0. The molecule has 0 unspecified atom stereocenters. The van der Waals surface area contributed by atoms with Crippen molar-refractivity contribution in [3.8, 4) is 11.3 Å². The molecule has 24 heavy (non-hydrogen) atoms. The third-order valence-corrected chi connectivity index (χ3v) is 4.92. The second kappa shape index (κ2) is 6.48. The Bertz CT molecular complexity index is 795. The minimum atomic E-state index is 0.865. The Morgan fingerprint density at radius 1 is 0.833 bits per heavy atom. The van der Waals surface area contributed by atoms with Gasteiger partial charge in [-0.25, -0.2) is 0 Å². The molecule has 0 radical (unpaired) electrons. The van der Waals surface area contributed by atoms with Crippen molar-refractivity contribution in [2.24, 2.45) is 0 Å². The summed E-state index contributed by atoms with van der Waals surface area (Å²) in [4.78, 5) is 8.56. The Morgan fingerprint density at radius 3 is 2.21 bits per heavy atom. The second-order valence-electron chi connectivity index (χ2n) is 5.59. The lowest BCUT2D eigenvalue weighted by atomic mass is 10.2. The van der Waals surface area contributed by atoms with Crippen molar-refractivity contribution in [2.45, 2.75) is 6.92 Å². The van der Waals surface area contributed by atoms with Gasteiger partial charge in [-0.15, -0.1) is 20.4 Å². The van der Waals surface area contributed by atoms with Crippen molar-refractivity contribution in [1.29, 1.82) is 0 Å². The van der Waals surface area contributed by atoms with Crippen LogP contribution in [0, 0.1) is 6.92 Å². The molecule has 1 aliphatic rings. The van der Waals surface area contributed by atoms with E-state index in [1.807, 2.05) is 31.2 Å². The largest absolute Gasteiger partial charge is 0.352 e. The van der Waals surface area contributed by atoms with Gasteiger partial charge in [-0.05, 0) is 31.2 Å². The van der Waals surface area contributed by atoms with Crippen molar-refractivity contribution in [1.82, 2.24) is 25.4 Å².